The molecule has 0 aromatic carbocycles. The van der Waals surface area contributed by atoms with Gasteiger partial charge in [0.2, 0.25) is 5.88 Å². The molecule has 1 aromatic heterocycles. The zero-order valence-electron chi connectivity index (χ0n) is 10.3. The van der Waals surface area contributed by atoms with E-state index in [1.165, 1.54) is 19.5 Å². The van der Waals surface area contributed by atoms with Crippen molar-refractivity contribution in [3.05, 3.63) is 18.1 Å². The Balaban J connectivity index is 1.90. The summed E-state index contributed by atoms with van der Waals surface area (Å²) in [6, 6.07) is 0. The lowest BCUT2D eigenvalue weighted by Crippen LogP contribution is -2.26. The Hall–Kier alpha value is -1.69. The molecule has 0 radical (unpaired) electrons. The van der Waals surface area contributed by atoms with E-state index < -0.39 is 5.97 Å². The van der Waals surface area contributed by atoms with E-state index in [2.05, 4.69) is 14.7 Å². The number of ether oxygens (including phenoxy) is 3. The first-order chi connectivity index (χ1) is 8.79. The molecular weight excluding hydrogens is 236 g/mol. The van der Waals surface area contributed by atoms with Gasteiger partial charge >= 0.3 is 5.97 Å². The number of rotatable bonds is 4. The van der Waals surface area contributed by atoms with Gasteiger partial charge in [0, 0.05) is 6.61 Å². The Bertz CT molecular complexity index is 405. The first-order valence-corrected chi connectivity index (χ1v) is 5.94. The summed E-state index contributed by atoms with van der Waals surface area (Å²) in [6.07, 6.45) is 6.16. The van der Waals surface area contributed by atoms with E-state index in [-0.39, 0.29) is 11.8 Å². The Morgan fingerprint density at radius 3 is 3.11 bits per heavy atom. The molecule has 1 aromatic rings. The highest BCUT2D eigenvalue weighted by atomic mass is 16.5. The van der Waals surface area contributed by atoms with Crippen LogP contribution in [-0.2, 0) is 9.47 Å². The zero-order chi connectivity index (χ0) is 12.8. The minimum Gasteiger partial charge on any atom is -0.474 e. The maximum Gasteiger partial charge on any atom is 0.358 e. The molecule has 1 fully saturated rings. The Morgan fingerprint density at radius 2 is 2.39 bits per heavy atom. The molecule has 0 saturated carbocycles. The maximum atomic E-state index is 11.3. The fourth-order valence-corrected chi connectivity index (χ4v) is 1.74. The fourth-order valence-electron chi connectivity index (χ4n) is 1.74. The van der Waals surface area contributed by atoms with Crippen molar-refractivity contribution in [3.8, 4) is 5.88 Å². The standard InChI is InChI=1S/C12H16N2O4/c1-16-12(15)10-6-13-7-11(14-10)18-8-9-4-2-3-5-17-9/h6-7,9H,2-5,8H2,1H3. The van der Waals surface area contributed by atoms with E-state index >= 15 is 0 Å². The van der Waals surface area contributed by atoms with Crippen molar-refractivity contribution >= 4 is 5.97 Å². The quantitative estimate of drug-likeness (QED) is 0.750. The Labute approximate surface area is 105 Å². The molecule has 18 heavy (non-hydrogen) atoms. The van der Waals surface area contributed by atoms with Crippen LogP contribution in [0.3, 0.4) is 0 Å². The second-order valence-electron chi connectivity index (χ2n) is 4.03. The highest BCUT2D eigenvalue weighted by molar-refractivity contribution is 5.86. The van der Waals surface area contributed by atoms with Crippen molar-refractivity contribution < 1.29 is 19.0 Å². The Morgan fingerprint density at radius 1 is 1.50 bits per heavy atom. The predicted molar refractivity (Wildman–Crippen MR) is 62.5 cm³/mol. The third-order valence-electron chi connectivity index (χ3n) is 2.70. The van der Waals surface area contributed by atoms with Crippen LogP contribution in [0.15, 0.2) is 12.4 Å². The first-order valence-electron chi connectivity index (χ1n) is 5.94. The van der Waals surface area contributed by atoms with E-state index in [9.17, 15) is 4.79 Å². The number of hydrogen-bond acceptors (Lipinski definition) is 6. The number of nitrogens with zero attached hydrogens (tertiary/aromatic N) is 2. The van der Waals surface area contributed by atoms with E-state index in [0.29, 0.717) is 12.5 Å². The van der Waals surface area contributed by atoms with E-state index in [4.69, 9.17) is 9.47 Å². The molecule has 2 heterocycles. The van der Waals surface area contributed by atoms with Crippen LogP contribution in [0.2, 0.25) is 0 Å². The summed E-state index contributed by atoms with van der Waals surface area (Å²) in [4.78, 5) is 19.2. The van der Waals surface area contributed by atoms with Crippen LogP contribution in [-0.4, -0.2) is 42.4 Å². The maximum absolute atomic E-state index is 11.3. The number of esters is 1. The van der Waals surface area contributed by atoms with Crippen LogP contribution in [0.4, 0.5) is 0 Å². The molecule has 1 atom stereocenters. The molecule has 0 aliphatic carbocycles. The van der Waals surface area contributed by atoms with E-state index in [1.54, 1.807) is 0 Å². The highest BCUT2D eigenvalue weighted by Crippen LogP contribution is 2.14. The number of aromatic nitrogens is 2. The van der Waals surface area contributed by atoms with Crippen LogP contribution in [0.1, 0.15) is 29.8 Å². The van der Waals surface area contributed by atoms with Gasteiger partial charge in [-0.15, -0.1) is 0 Å². The van der Waals surface area contributed by atoms with Gasteiger partial charge in [-0.3, -0.25) is 4.98 Å². The number of methoxy groups -OCH3 is 1. The van der Waals surface area contributed by atoms with Crippen molar-refractivity contribution in [2.24, 2.45) is 0 Å². The van der Waals surface area contributed by atoms with Crippen LogP contribution >= 0.6 is 0 Å². The minimum atomic E-state index is -0.526. The second kappa shape index (κ2) is 6.30. The first kappa shape index (κ1) is 12.8. The zero-order valence-corrected chi connectivity index (χ0v) is 10.3. The number of carbonyl (C=O) groups excluding carboxylic acids is 1. The summed E-state index contributed by atoms with van der Waals surface area (Å²) in [7, 11) is 1.30. The van der Waals surface area contributed by atoms with Gasteiger partial charge in [0.25, 0.3) is 0 Å². The van der Waals surface area contributed by atoms with Gasteiger partial charge in [-0.05, 0) is 19.3 Å². The Kier molecular flexibility index (Phi) is 4.46. The topological polar surface area (TPSA) is 70.5 Å². The van der Waals surface area contributed by atoms with Gasteiger partial charge < -0.3 is 14.2 Å². The smallest absolute Gasteiger partial charge is 0.358 e. The number of carbonyl (C=O) groups is 1. The summed E-state index contributed by atoms with van der Waals surface area (Å²) in [5, 5.41) is 0. The normalized spacial score (nSPS) is 19.3. The third-order valence-corrected chi connectivity index (χ3v) is 2.70. The van der Waals surface area contributed by atoms with Gasteiger partial charge in [0.1, 0.15) is 6.61 Å². The lowest BCUT2D eigenvalue weighted by Gasteiger charge is -2.22. The molecular formula is C12H16N2O4. The minimum absolute atomic E-state index is 0.0994. The predicted octanol–water partition coefficient (Wildman–Crippen LogP) is 1.21. The largest absolute Gasteiger partial charge is 0.474 e. The molecule has 0 amide bonds. The molecule has 0 bridgehead atoms. The van der Waals surface area contributed by atoms with Gasteiger partial charge in [0.05, 0.1) is 25.6 Å². The molecule has 1 aliphatic heterocycles. The van der Waals surface area contributed by atoms with Crippen LogP contribution in [0.25, 0.3) is 0 Å². The van der Waals surface area contributed by atoms with Crippen molar-refractivity contribution in [1.82, 2.24) is 9.97 Å². The summed E-state index contributed by atoms with van der Waals surface area (Å²) in [5.41, 5.74) is 0.138. The highest BCUT2D eigenvalue weighted by Gasteiger charge is 2.15. The van der Waals surface area contributed by atoms with Crippen molar-refractivity contribution in [3.63, 3.8) is 0 Å². The van der Waals surface area contributed by atoms with Crippen molar-refractivity contribution in [2.75, 3.05) is 20.3 Å². The average Bonchev–Trinajstić information content (AvgIpc) is 2.45. The van der Waals surface area contributed by atoms with Crippen molar-refractivity contribution in [2.45, 2.75) is 25.4 Å². The number of hydrogen-bond donors (Lipinski definition) is 0. The second-order valence-corrected chi connectivity index (χ2v) is 4.03. The SMILES string of the molecule is COC(=O)c1cncc(OCC2CCCCO2)n1. The molecule has 6 nitrogen and oxygen atoms in total. The van der Waals surface area contributed by atoms with Crippen LogP contribution < -0.4 is 4.74 Å². The van der Waals surface area contributed by atoms with Gasteiger partial charge in [-0.25, -0.2) is 9.78 Å². The van der Waals surface area contributed by atoms with E-state index in [0.717, 1.165) is 25.9 Å². The molecule has 1 unspecified atom stereocenters. The van der Waals surface area contributed by atoms with Crippen LogP contribution in [0.5, 0.6) is 5.88 Å². The van der Waals surface area contributed by atoms with Crippen LogP contribution in [0, 0.1) is 0 Å². The van der Waals surface area contributed by atoms with Gasteiger partial charge in [-0.1, -0.05) is 0 Å². The molecule has 6 heteroatoms. The van der Waals surface area contributed by atoms with Crippen molar-refractivity contribution in [1.29, 1.82) is 0 Å². The van der Waals surface area contributed by atoms with E-state index in [1.807, 2.05) is 0 Å². The summed E-state index contributed by atoms with van der Waals surface area (Å²) < 4.78 is 15.6. The van der Waals surface area contributed by atoms with Gasteiger partial charge in [-0.2, -0.15) is 0 Å². The fraction of sp³-hybridized carbons (Fsp3) is 0.583. The molecule has 98 valence electrons. The summed E-state index contributed by atoms with van der Waals surface area (Å²) in [6.45, 7) is 1.21. The average molecular weight is 252 g/mol. The molecule has 2 rings (SSSR count). The lowest BCUT2D eigenvalue weighted by atomic mass is 10.1. The monoisotopic (exact) mass is 252 g/mol. The van der Waals surface area contributed by atoms with Gasteiger partial charge in [0.15, 0.2) is 5.69 Å². The summed E-state index contributed by atoms with van der Waals surface area (Å²) in [5.74, 6) is -0.214. The molecule has 0 N–H and O–H groups in total. The molecule has 1 aliphatic rings. The molecule has 1 saturated heterocycles. The third kappa shape index (κ3) is 3.40. The summed E-state index contributed by atoms with van der Waals surface area (Å²) >= 11 is 0. The lowest BCUT2D eigenvalue weighted by molar-refractivity contribution is -0.0120. The molecule has 0 spiro atoms.